The molecule has 0 saturated heterocycles. The average Bonchev–Trinajstić information content (AvgIpc) is 2.93. The number of imide groups is 1. The summed E-state index contributed by atoms with van der Waals surface area (Å²) in [4.78, 5) is 27.3. The number of hydrogen-bond acceptors (Lipinski definition) is 5. The first-order chi connectivity index (χ1) is 13.5. The smallest absolute Gasteiger partial charge is 0.278 e. The second kappa shape index (κ2) is 8.17. The monoisotopic (exact) mass is 380 g/mol. The summed E-state index contributed by atoms with van der Waals surface area (Å²) in [5, 5.41) is 3.13. The molecule has 0 saturated carbocycles. The highest BCUT2D eigenvalue weighted by Gasteiger charge is 2.40. The number of hydrogen-bond donors (Lipinski definition) is 1. The van der Waals surface area contributed by atoms with Crippen LogP contribution in [-0.4, -0.2) is 36.5 Å². The fraction of sp³-hybridized carbons (Fsp3) is 0.273. The van der Waals surface area contributed by atoms with Gasteiger partial charge in [0.15, 0.2) is 0 Å². The molecule has 0 bridgehead atoms. The van der Waals surface area contributed by atoms with Gasteiger partial charge in [-0.15, -0.1) is 0 Å². The van der Waals surface area contributed by atoms with E-state index in [1.54, 1.807) is 31.4 Å². The Morgan fingerprint density at radius 1 is 0.929 bits per heavy atom. The lowest BCUT2D eigenvalue weighted by Gasteiger charge is -2.19. The first-order valence-electron chi connectivity index (χ1n) is 9.22. The molecule has 2 amide bonds. The number of anilines is 1. The molecule has 6 nitrogen and oxygen atoms in total. The summed E-state index contributed by atoms with van der Waals surface area (Å²) >= 11 is 0. The maximum absolute atomic E-state index is 13.0. The molecule has 0 spiro atoms. The van der Waals surface area contributed by atoms with E-state index in [0.29, 0.717) is 29.2 Å². The van der Waals surface area contributed by atoms with E-state index < -0.39 is 0 Å². The van der Waals surface area contributed by atoms with Crippen molar-refractivity contribution in [3.8, 4) is 11.5 Å². The van der Waals surface area contributed by atoms with E-state index in [-0.39, 0.29) is 23.6 Å². The molecular weight excluding hydrogens is 356 g/mol. The normalized spacial score (nSPS) is 14.1. The number of methoxy groups -OCH3 is 1. The summed E-state index contributed by atoms with van der Waals surface area (Å²) in [6.07, 6.45) is 0. The van der Waals surface area contributed by atoms with E-state index in [4.69, 9.17) is 9.47 Å². The summed E-state index contributed by atoms with van der Waals surface area (Å²) in [5.41, 5.74) is 2.00. The van der Waals surface area contributed by atoms with E-state index in [1.165, 1.54) is 4.90 Å². The van der Waals surface area contributed by atoms with E-state index in [1.807, 2.05) is 45.0 Å². The molecule has 0 aromatic heterocycles. The van der Waals surface area contributed by atoms with Crippen LogP contribution in [0.25, 0.3) is 5.57 Å². The zero-order valence-corrected chi connectivity index (χ0v) is 16.5. The standard InChI is InChI=1S/C22H24N2O4/c1-5-28-18-12-8-16(9-13-18)23-20-19(15-6-10-17(27-4)11-7-15)21(25)24(14(2)3)22(20)26/h6-14,23H,5H2,1-4H3. The number of benzene rings is 2. The Morgan fingerprint density at radius 2 is 1.54 bits per heavy atom. The van der Waals surface area contributed by atoms with Crippen molar-refractivity contribution in [3.05, 3.63) is 59.8 Å². The Hall–Kier alpha value is -3.28. The van der Waals surface area contributed by atoms with Crippen LogP contribution in [-0.2, 0) is 9.59 Å². The first-order valence-corrected chi connectivity index (χ1v) is 9.22. The fourth-order valence-corrected chi connectivity index (χ4v) is 3.10. The van der Waals surface area contributed by atoms with E-state index in [2.05, 4.69) is 5.32 Å². The highest BCUT2D eigenvalue weighted by Crippen LogP contribution is 2.32. The number of amides is 2. The summed E-state index contributed by atoms with van der Waals surface area (Å²) in [7, 11) is 1.58. The number of carbonyl (C=O) groups excluding carboxylic acids is 2. The molecule has 1 aliphatic heterocycles. The van der Waals surface area contributed by atoms with Crippen LogP contribution >= 0.6 is 0 Å². The zero-order valence-electron chi connectivity index (χ0n) is 16.5. The molecule has 1 aliphatic rings. The number of rotatable bonds is 7. The van der Waals surface area contributed by atoms with Crippen LogP contribution < -0.4 is 14.8 Å². The van der Waals surface area contributed by atoms with Crippen LogP contribution in [0.5, 0.6) is 11.5 Å². The molecule has 146 valence electrons. The van der Waals surface area contributed by atoms with Gasteiger partial charge in [0.25, 0.3) is 11.8 Å². The fourth-order valence-electron chi connectivity index (χ4n) is 3.10. The first kappa shape index (κ1) is 19.5. The lowest BCUT2D eigenvalue weighted by Crippen LogP contribution is -2.38. The molecule has 2 aromatic rings. The topological polar surface area (TPSA) is 67.9 Å². The van der Waals surface area contributed by atoms with Gasteiger partial charge in [0, 0.05) is 11.7 Å². The Bertz CT molecular complexity index is 899. The Morgan fingerprint density at radius 3 is 2.07 bits per heavy atom. The Labute approximate surface area is 164 Å². The van der Waals surface area contributed by atoms with E-state index >= 15 is 0 Å². The van der Waals surface area contributed by atoms with Crippen molar-refractivity contribution >= 4 is 23.1 Å². The number of ether oxygens (including phenoxy) is 2. The molecule has 0 radical (unpaired) electrons. The van der Waals surface area contributed by atoms with Gasteiger partial charge in [-0.2, -0.15) is 0 Å². The van der Waals surface area contributed by atoms with Gasteiger partial charge < -0.3 is 14.8 Å². The second-order valence-electron chi connectivity index (χ2n) is 6.63. The highest BCUT2D eigenvalue weighted by molar-refractivity contribution is 6.36. The molecule has 1 heterocycles. The van der Waals surface area contributed by atoms with Crippen molar-refractivity contribution in [1.82, 2.24) is 4.90 Å². The van der Waals surface area contributed by atoms with E-state index in [9.17, 15) is 9.59 Å². The third kappa shape index (κ3) is 3.71. The highest BCUT2D eigenvalue weighted by atomic mass is 16.5. The molecule has 0 fully saturated rings. The molecule has 0 aliphatic carbocycles. The van der Waals surface area contributed by atoms with Gasteiger partial charge in [-0.1, -0.05) is 12.1 Å². The van der Waals surface area contributed by atoms with Crippen molar-refractivity contribution in [2.75, 3.05) is 19.0 Å². The Balaban J connectivity index is 2.00. The molecule has 28 heavy (non-hydrogen) atoms. The molecule has 0 unspecified atom stereocenters. The van der Waals surface area contributed by atoms with E-state index in [0.717, 1.165) is 5.75 Å². The molecule has 1 N–H and O–H groups in total. The molecule has 2 aromatic carbocycles. The van der Waals surface area contributed by atoms with Gasteiger partial charge in [0.2, 0.25) is 0 Å². The maximum Gasteiger partial charge on any atom is 0.278 e. The van der Waals surface area contributed by atoms with Crippen molar-refractivity contribution < 1.29 is 19.1 Å². The average molecular weight is 380 g/mol. The predicted molar refractivity (Wildman–Crippen MR) is 108 cm³/mol. The third-order valence-corrected chi connectivity index (χ3v) is 4.45. The summed E-state index contributed by atoms with van der Waals surface area (Å²) in [6.45, 7) is 6.14. The summed E-state index contributed by atoms with van der Waals surface area (Å²) in [5.74, 6) is 0.788. The second-order valence-corrected chi connectivity index (χ2v) is 6.63. The quantitative estimate of drug-likeness (QED) is 0.742. The van der Waals surface area contributed by atoms with Crippen LogP contribution in [0, 0.1) is 0 Å². The van der Waals surface area contributed by atoms with Gasteiger partial charge in [-0.3, -0.25) is 14.5 Å². The lowest BCUT2D eigenvalue weighted by atomic mass is 10.0. The zero-order chi connectivity index (χ0) is 20.3. The third-order valence-electron chi connectivity index (χ3n) is 4.45. The van der Waals surface area contributed by atoms with Crippen LogP contribution in [0.1, 0.15) is 26.3 Å². The van der Waals surface area contributed by atoms with Crippen molar-refractivity contribution in [2.45, 2.75) is 26.8 Å². The minimum Gasteiger partial charge on any atom is -0.497 e. The summed E-state index contributed by atoms with van der Waals surface area (Å²) in [6, 6.07) is 14.1. The van der Waals surface area contributed by atoms with Crippen LogP contribution in [0.4, 0.5) is 5.69 Å². The van der Waals surface area contributed by atoms with Crippen LogP contribution in [0.2, 0.25) is 0 Å². The van der Waals surface area contributed by atoms with Gasteiger partial charge in [0.05, 0.1) is 19.3 Å². The van der Waals surface area contributed by atoms with Gasteiger partial charge in [0.1, 0.15) is 17.2 Å². The molecule has 3 rings (SSSR count). The molecule has 6 heteroatoms. The predicted octanol–water partition coefficient (Wildman–Crippen LogP) is 3.69. The van der Waals surface area contributed by atoms with Gasteiger partial charge >= 0.3 is 0 Å². The summed E-state index contributed by atoms with van der Waals surface area (Å²) < 4.78 is 10.6. The largest absolute Gasteiger partial charge is 0.497 e. The molecular formula is C22H24N2O4. The lowest BCUT2D eigenvalue weighted by molar-refractivity contribution is -0.138. The van der Waals surface area contributed by atoms with Crippen LogP contribution in [0.15, 0.2) is 54.2 Å². The number of nitrogens with zero attached hydrogens (tertiary/aromatic N) is 1. The minimum atomic E-state index is -0.334. The SMILES string of the molecule is CCOc1ccc(NC2=C(c3ccc(OC)cc3)C(=O)N(C(C)C)C2=O)cc1. The van der Waals surface area contributed by atoms with Crippen LogP contribution in [0.3, 0.4) is 0 Å². The van der Waals surface area contributed by atoms with Gasteiger partial charge in [-0.05, 0) is 62.7 Å². The minimum absolute atomic E-state index is 0.243. The maximum atomic E-state index is 13.0. The van der Waals surface area contributed by atoms with Crippen molar-refractivity contribution in [2.24, 2.45) is 0 Å². The van der Waals surface area contributed by atoms with Gasteiger partial charge in [-0.25, -0.2) is 0 Å². The van der Waals surface area contributed by atoms with Crippen molar-refractivity contribution in [3.63, 3.8) is 0 Å². The number of carbonyl (C=O) groups is 2. The molecule has 0 atom stereocenters. The Kier molecular flexibility index (Phi) is 5.68. The number of nitrogens with one attached hydrogen (secondary N) is 1. The van der Waals surface area contributed by atoms with Crippen molar-refractivity contribution in [1.29, 1.82) is 0 Å².